The number of carbonyl (C=O) groups is 1. The van der Waals surface area contributed by atoms with Crippen LogP contribution < -0.4 is 10.1 Å². The number of fused-ring (bicyclic) bond motifs is 1. The number of likely N-dealkylation sites (N-methyl/N-ethyl adjacent to an activating group) is 1. The molecule has 0 bridgehead atoms. The van der Waals surface area contributed by atoms with E-state index in [4.69, 9.17) is 4.74 Å². The molecule has 0 saturated carbocycles. The van der Waals surface area contributed by atoms with Crippen LogP contribution in [0.5, 0.6) is 5.75 Å². The fourth-order valence-electron chi connectivity index (χ4n) is 4.45. The Morgan fingerprint density at radius 2 is 2.03 bits per heavy atom. The zero-order chi connectivity index (χ0) is 25.0. The van der Waals surface area contributed by atoms with E-state index in [1.54, 1.807) is 24.9 Å². The Labute approximate surface area is 204 Å². The van der Waals surface area contributed by atoms with Gasteiger partial charge in [-0.05, 0) is 69.7 Å². The molecular formula is C25H39N3O5S. The summed E-state index contributed by atoms with van der Waals surface area (Å²) in [4.78, 5) is 14.2. The molecule has 0 radical (unpaired) electrons. The minimum Gasteiger partial charge on any atom is -0.487 e. The van der Waals surface area contributed by atoms with Gasteiger partial charge in [-0.15, -0.1) is 0 Å². The summed E-state index contributed by atoms with van der Waals surface area (Å²) in [7, 11) is -2.17. The number of carbonyl (C=O) groups excluding carboxylic acids is 1. The Bertz CT molecular complexity index is 1010. The highest BCUT2D eigenvalue weighted by atomic mass is 32.2. The maximum Gasteiger partial charge on any atom is 0.317 e. The van der Waals surface area contributed by atoms with Crippen molar-refractivity contribution in [2.24, 2.45) is 5.92 Å². The van der Waals surface area contributed by atoms with Crippen LogP contribution in [0.3, 0.4) is 0 Å². The van der Waals surface area contributed by atoms with Crippen LogP contribution in [0.15, 0.2) is 29.2 Å². The molecule has 8 nitrogen and oxygen atoms in total. The Morgan fingerprint density at radius 3 is 2.65 bits per heavy atom. The fourth-order valence-corrected chi connectivity index (χ4v) is 6.28. The molecule has 2 amide bonds. The Balaban J connectivity index is 2.03. The van der Waals surface area contributed by atoms with Crippen molar-refractivity contribution in [2.45, 2.75) is 76.5 Å². The maximum absolute atomic E-state index is 13.6. The van der Waals surface area contributed by atoms with Gasteiger partial charge >= 0.3 is 6.03 Å². The number of aliphatic hydroxyl groups excluding tert-OH is 1. The lowest BCUT2D eigenvalue weighted by atomic mass is 9.93. The maximum atomic E-state index is 13.6. The van der Waals surface area contributed by atoms with Crippen LogP contribution >= 0.6 is 0 Å². The Kier molecular flexibility index (Phi) is 8.65. The molecule has 34 heavy (non-hydrogen) atoms. The van der Waals surface area contributed by atoms with Gasteiger partial charge in [0, 0.05) is 31.6 Å². The van der Waals surface area contributed by atoms with E-state index in [0.29, 0.717) is 12.3 Å². The molecule has 190 valence electrons. The largest absolute Gasteiger partial charge is 0.487 e. The van der Waals surface area contributed by atoms with Crippen molar-refractivity contribution in [3.8, 4) is 5.75 Å². The first kappa shape index (κ1) is 26.5. The van der Waals surface area contributed by atoms with E-state index in [0.717, 1.165) is 31.2 Å². The summed E-state index contributed by atoms with van der Waals surface area (Å²) in [6.45, 7) is 7.62. The molecular weight excluding hydrogens is 454 g/mol. The summed E-state index contributed by atoms with van der Waals surface area (Å²) in [5, 5.41) is 12.7. The predicted molar refractivity (Wildman–Crippen MR) is 133 cm³/mol. The van der Waals surface area contributed by atoms with Crippen LogP contribution in [-0.4, -0.2) is 73.7 Å². The lowest BCUT2D eigenvalue weighted by Gasteiger charge is -2.37. The molecule has 1 aromatic rings. The third-order valence-electron chi connectivity index (χ3n) is 6.54. The number of nitrogens with zero attached hydrogens (tertiary/aromatic N) is 2. The van der Waals surface area contributed by atoms with E-state index in [9.17, 15) is 18.3 Å². The summed E-state index contributed by atoms with van der Waals surface area (Å²) in [5.41, 5.74) is 2.17. The third-order valence-corrected chi connectivity index (χ3v) is 8.56. The van der Waals surface area contributed by atoms with Crippen LogP contribution in [0.2, 0.25) is 0 Å². The van der Waals surface area contributed by atoms with Crippen LogP contribution in [-0.2, 0) is 10.0 Å². The molecule has 2 N–H and O–H groups in total. The van der Waals surface area contributed by atoms with Gasteiger partial charge in [0.15, 0.2) is 0 Å². The van der Waals surface area contributed by atoms with E-state index in [1.165, 1.54) is 9.88 Å². The molecule has 1 aliphatic carbocycles. The molecule has 1 heterocycles. The van der Waals surface area contributed by atoms with Gasteiger partial charge < -0.3 is 20.1 Å². The molecule has 0 fully saturated rings. The molecule has 0 spiro atoms. The van der Waals surface area contributed by atoms with Crippen molar-refractivity contribution in [3.05, 3.63) is 29.8 Å². The van der Waals surface area contributed by atoms with Crippen molar-refractivity contribution in [1.29, 1.82) is 0 Å². The van der Waals surface area contributed by atoms with E-state index < -0.39 is 22.2 Å². The average molecular weight is 494 g/mol. The van der Waals surface area contributed by atoms with E-state index in [2.05, 4.69) is 11.4 Å². The summed E-state index contributed by atoms with van der Waals surface area (Å²) in [6, 6.07) is 4.51. The predicted octanol–water partition coefficient (Wildman–Crippen LogP) is 3.46. The minimum atomic E-state index is -3.88. The van der Waals surface area contributed by atoms with Crippen molar-refractivity contribution in [3.63, 3.8) is 0 Å². The number of hydrogen-bond acceptors (Lipinski definition) is 5. The zero-order valence-corrected chi connectivity index (χ0v) is 21.8. The summed E-state index contributed by atoms with van der Waals surface area (Å²) < 4.78 is 35.0. The van der Waals surface area contributed by atoms with Gasteiger partial charge in [-0.1, -0.05) is 19.1 Å². The molecule has 1 aliphatic heterocycles. The number of rotatable bonds is 6. The first-order valence-corrected chi connectivity index (χ1v) is 13.6. The smallest absolute Gasteiger partial charge is 0.317 e. The van der Waals surface area contributed by atoms with Gasteiger partial charge in [-0.3, -0.25) is 0 Å². The number of hydrogen-bond donors (Lipinski definition) is 2. The van der Waals surface area contributed by atoms with Crippen molar-refractivity contribution in [2.75, 3.05) is 26.7 Å². The van der Waals surface area contributed by atoms with Crippen LogP contribution in [0.1, 0.15) is 58.9 Å². The van der Waals surface area contributed by atoms with Gasteiger partial charge in [-0.2, -0.15) is 4.31 Å². The molecule has 3 rings (SSSR count). The first-order valence-electron chi connectivity index (χ1n) is 12.2. The first-order chi connectivity index (χ1) is 16.0. The molecule has 0 aromatic heterocycles. The van der Waals surface area contributed by atoms with Crippen LogP contribution in [0.4, 0.5) is 4.79 Å². The second-order valence-corrected chi connectivity index (χ2v) is 11.7. The van der Waals surface area contributed by atoms with Crippen molar-refractivity contribution in [1.82, 2.24) is 14.5 Å². The Morgan fingerprint density at radius 1 is 1.29 bits per heavy atom. The quantitative estimate of drug-likeness (QED) is 0.632. The van der Waals surface area contributed by atoms with Gasteiger partial charge in [0.05, 0.1) is 13.2 Å². The lowest BCUT2D eigenvalue weighted by molar-refractivity contribution is 0.0809. The second-order valence-electron chi connectivity index (χ2n) is 9.86. The molecule has 0 unspecified atom stereocenters. The number of ether oxygens (including phenoxy) is 1. The summed E-state index contributed by atoms with van der Waals surface area (Å²) >= 11 is 0. The standard InChI is InChI=1S/C25H39N3O5S/c1-17(2)26-25(30)27(5)15-23-18(3)14-28(19(4)16-29)34(31,32)24-12-11-21(13-22(24)33-23)20-9-7-6-8-10-20/h9,11-13,17-19,23,29H,6-8,10,14-16H2,1-5H3,(H,26,30)/t18-,19-,23+/m1/s1. The van der Waals surface area contributed by atoms with Crippen molar-refractivity contribution >= 4 is 21.6 Å². The summed E-state index contributed by atoms with van der Waals surface area (Å²) in [6.07, 6.45) is 6.03. The Hall–Kier alpha value is -2.10. The SMILES string of the molecule is CC(C)NC(=O)N(C)C[C@@H]1Oc2cc(C3=CCCCC3)ccc2S(=O)(=O)N([C@H](C)CO)C[C@H]1C. The van der Waals surface area contributed by atoms with Crippen LogP contribution in [0.25, 0.3) is 5.57 Å². The molecule has 2 aliphatic rings. The van der Waals surface area contributed by atoms with E-state index >= 15 is 0 Å². The monoisotopic (exact) mass is 493 g/mol. The van der Waals surface area contributed by atoms with Crippen LogP contribution in [0, 0.1) is 5.92 Å². The second kappa shape index (κ2) is 11.1. The topological polar surface area (TPSA) is 99.2 Å². The fraction of sp³-hybridized carbons (Fsp3) is 0.640. The minimum absolute atomic E-state index is 0.00344. The van der Waals surface area contributed by atoms with E-state index in [1.807, 2.05) is 32.9 Å². The van der Waals surface area contributed by atoms with Crippen molar-refractivity contribution < 1.29 is 23.1 Å². The number of allylic oxidation sites excluding steroid dienone is 2. The van der Waals surface area contributed by atoms with Gasteiger partial charge in [-0.25, -0.2) is 13.2 Å². The third kappa shape index (κ3) is 5.93. The molecule has 0 saturated heterocycles. The lowest BCUT2D eigenvalue weighted by Crippen LogP contribution is -2.51. The zero-order valence-electron chi connectivity index (χ0n) is 21.0. The normalized spacial score (nSPS) is 23.7. The summed E-state index contributed by atoms with van der Waals surface area (Å²) in [5.74, 6) is 0.0807. The number of benzene rings is 1. The van der Waals surface area contributed by atoms with E-state index in [-0.39, 0.29) is 36.0 Å². The average Bonchev–Trinajstić information content (AvgIpc) is 2.80. The van der Waals surface area contributed by atoms with Gasteiger partial charge in [0.1, 0.15) is 16.7 Å². The number of aliphatic hydroxyl groups is 1. The highest BCUT2D eigenvalue weighted by Crippen LogP contribution is 2.37. The number of urea groups is 1. The van der Waals surface area contributed by atoms with Gasteiger partial charge in [0.2, 0.25) is 10.0 Å². The molecule has 3 atom stereocenters. The highest BCUT2D eigenvalue weighted by molar-refractivity contribution is 7.89. The number of amides is 2. The van der Waals surface area contributed by atoms with Gasteiger partial charge in [0.25, 0.3) is 0 Å². The molecule has 1 aromatic carbocycles. The highest BCUT2D eigenvalue weighted by Gasteiger charge is 2.38. The number of sulfonamides is 1. The number of nitrogens with one attached hydrogen (secondary N) is 1. The molecule has 9 heteroatoms.